The van der Waals surface area contributed by atoms with Crippen LogP contribution in [-0.4, -0.2) is 58.1 Å². The van der Waals surface area contributed by atoms with Crippen molar-refractivity contribution in [2.75, 3.05) is 25.0 Å². The van der Waals surface area contributed by atoms with Crippen LogP contribution in [-0.2, 0) is 11.3 Å². The molecule has 3 rings (SSSR count). The highest BCUT2D eigenvalue weighted by Gasteiger charge is 2.31. The molecular weight excluding hydrogens is 454 g/mol. The Kier molecular flexibility index (Phi) is 7.80. The Labute approximate surface area is 205 Å². The fourth-order valence-electron chi connectivity index (χ4n) is 3.83. The molecule has 0 aliphatic carbocycles. The molecule has 0 saturated carbocycles. The monoisotopic (exact) mass is 483 g/mol. The number of anilines is 1. The van der Waals surface area contributed by atoms with Crippen LogP contribution in [0.4, 0.5) is 10.5 Å². The van der Waals surface area contributed by atoms with E-state index in [9.17, 15) is 9.59 Å². The van der Waals surface area contributed by atoms with Crippen molar-refractivity contribution < 1.29 is 14.3 Å². The van der Waals surface area contributed by atoms with Crippen molar-refractivity contribution >= 4 is 29.3 Å². The molecule has 1 aromatic carbocycles. The molecule has 1 saturated heterocycles. The molecule has 2 amide bonds. The number of pyridine rings is 1. The topological polar surface area (TPSA) is 98.6 Å². The molecule has 0 bridgehead atoms. The summed E-state index contributed by atoms with van der Waals surface area (Å²) in [5.41, 5.74) is 2.61. The van der Waals surface area contributed by atoms with Gasteiger partial charge in [0.05, 0.1) is 5.56 Å². The van der Waals surface area contributed by atoms with E-state index in [2.05, 4.69) is 15.2 Å². The molecule has 9 heteroatoms. The molecule has 1 atom stereocenters. The quantitative estimate of drug-likeness (QED) is 0.681. The number of aromatic nitrogens is 1. The number of halogens is 1. The summed E-state index contributed by atoms with van der Waals surface area (Å²) in [4.78, 5) is 33.2. The van der Waals surface area contributed by atoms with Gasteiger partial charge in [0, 0.05) is 49.1 Å². The van der Waals surface area contributed by atoms with E-state index in [0.717, 1.165) is 11.1 Å². The molecule has 2 heterocycles. The van der Waals surface area contributed by atoms with E-state index in [-0.39, 0.29) is 23.7 Å². The summed E-state index contributed by atoms with van der Waals surface area (Å²) >= 11 is 6.38. The number of benzene rings is 1. The lowest BCUT2D eigenvalue weighted by Crippen LogP contribution is -2.54. The predicted molar refractivity (Wildman–Crippen MR) is 131 cm³/mol. The van der Waals surface area contributed by atoms with Crippen molar-refractivity contribution in [3.63, 3.8) is 0 Å². The van der Waals surface area contributed by atoms with Crippen molar-refractivity contribution in [3.8, 4) is 6.07 Å². The largest absolute Gasteiger partial charge is 0.444 e. The van der Waals surface area contributed by atoms with Crippen LogP contribution >= 0.6 is 11.6 Å². The summed E-state index contributed by atoms with van der Waals surface area (Å²) in [6, 6.07) is 8.63. The second-order valence-electron chi connectivity index (χ2n) is 9.49. The molecule has 8 nitrogen and oxygen atoms in total. The van der Waals surface area contributed by atoms with E-state index in [1.165, 1.54) is 12.3 Å². The predicted octanol–water partition coefficient (Wildman–Crippen LogP) is 4.61. The number of nitriles is 1. The number of hydrogen-bond acceptors (Lipinski definition) is 6. The Hall–Kier alpha value is -3.15. The Morgan fingerprint density at radius 3 is 2.62 bits per heavy atom. The van der Waals surface area contributed by atoms with Crippen LogP contribution in [0.15, 0.2) is 30.5 Å². The van der Waals surface area contributed by atoms with Crippen molar-refractivity contribution in [1.82, 2.24) is 14.8 Å². The summed E-state index contributed by atoms with van der Waals surface area (Å²) in [6.45, 7) is 12.2. The number of ether oxygens (including phenoxy) is 1. The maximum atomic E-state index is 12.7. The van der Waals surface area contributed by atoms with Crippen molar-refractivity contribution in [2.45, 2.75) is 52.8 Å². The maximum Gasteiger partial charge on any atom is 0.410 e. The minimum absolute atomic E-state index is 0.00569. The van der Waals surface area contributed by atoms with Gasteiger partial charge in [-0.2, -0.15) is 5.26 Å². The van der Waals surface area contributed by atoms with Crippen LogP contribution < -0.4 is 5.32 Å². The van der Waals surface area contributed by atoms with Crippen LogP contribution in [0.3, 0.4) is 0 Å². The van der Waals surface area contributed by atoms with Crippen molar-refractivity contribution in [2.24, 2.45) is 0 Å². The first-order valence-electron chi connectivity index (χ1n) is 11.2. The summed E-state index contributed by atoms with van der Waals surface area (Å²) in [6.07, 6.45) is 1.08. The van der Waals surface area contributed by atoms with Crippen LogP contribution in [0, 0.1) is 18.3 Å². The molecule has 34 heavy (non-hydrogen) atoms. The lowest BCUT2D eigenvalue weighted by atomic mass is 10.0. The van der Waals surface area contributed by atoms with E-state index >= 15 is 0 Å². The van der Waals surface area contributed by atoms with E-state index in [4.69, 9.17) is 21.6 Å². The second-order valence-corrected chi connectivity index (χ2v) is 9.93. The smallest absolute Gasteiger partial charge is 0.410 e. The van der Waals surface area contributed by atoms with Gasteiger partial charge >= 0.3 is 6.09 Å². The van der Waals surface area contributed by atoms with Gasteiger partial charge in [-0.15, -0.1) is 0 Å². The number of carbonyl (C=O) groups excluding carboxylic acids is 2. The Morgan fingerprint density at radius 1 is 1.29 bits per heavy atom. The van der Waals surface area contributed by atoms with Gasteiger partial charge in [0.1, 0.15) is 17.4 Å². The second kappa shape index (κ2) is 10.4. The molecule has 0 radical (unpaired) electrons. The Morgan fingerprint density at radius 2 is 2.03 bits per heavy atom. The lowest BCUT2D eigenvalue weighted by molar-refractivity contribution is 0.000535. The van der Waals surface area contributed by atoms with Gasteiger partial charge in [-0.25, -0.2) is 9.78 Å². The molecule has 1 aliphatic rings. The van der Waals surface area contributed by atoms with Gasteiger partial charge < -0.3 is 15.0 Å². The molecule has 1 aromatic heterocycles. The first-order chi connectivity index (χ1) is 16.0. The van der Waals surface area contributed by atoms with Crippen molar-refractivity contribution in [1.29, 1.82) is 5.26 Å². The minimum atomic E-state index is -0.527. The summed E-state index contributed by atoms with van der Waals surface area (Å²) in [5, 5.41) is 12.3. The molecule has 180 valence electrons. The Bertz CT molecular complexity index is 1110. The zero-order chi connectivity index (χ0) is 25.0. The molecule has 1 aliphatic heterocycles. The number of rotatable bonds is 4. The first-order valence-corrected chi connectivity index (χ1v) is 11.5. The summed E-state index contributed by atoms with van der Waals surface area (Å²) in [7, 11) is 0. The van der Waals surface area contributed by atoms with Crippen LogP contribution in [0.1, 0.15) is 54.9 Å². The maximum absolute atomic E-state index is 12.7. The van der Waals surface area contributed by atoms with Gasteiger partial charge in [0.15, 0.2) is 0 Å². The normalized spacial score (nSPS) is 16.6. The zero-order valence-corrected chi connectivity index (χ0v) is 20.9. The Balaban J connectivity index is 1.68. The molecule has 1 fully saturated rings. The molecular formula is C25H30ClN5O3. The van der Waals surface area contributed by atoms with Crippen LogP contribution in [0.25, 0.3) is 0 Å². The third kappa shape index (κ3) is 6.46. The number of piperazine rings is 1. The fourth-order valence-corrected chi connectivity index (χ4v) is 4.07. The third-order valence-electron chi connectivity index (χ3n) is 5.60. The molecule has 1 unspecified atom stereocenters. The van der Waals surface area contributed by atoms with Gasteiger partial charge in [0.25, 0.3) is 5.91 Å². The van der Waals surface area contributed by atoms with Crippen LogP contribution in [0.2, 0.25) is 5.02 Å². The van der Waals surface area contributed by atoms with E-state index in [1.807, 2.05) is 46.8 Å². The highest BCUT2D eigenvalue weighted by Crippen LogP contribution is 2.27. The van der Waals surface area contributed by atoms with E-state index < -0.39 is 5.60 Å². The molecule has 1 N–H and O–H groups in total. The average molecular weight is 484 g/mol. The first kappa shape index (κ1) is 25.5. The van der Waals surface area contributed by atoms with Gasteiger partial charge in [-0.1, -0.05) is 11.6 Å². The zero-order valence-electron chi connectivity index (χ0n) is 20.2. The van der Waals surface area contributed by atoms with E-state index in [0.29, 0.717) is 42.5 Å². The average Bonchev–Trinajstić information content (AvgIpc) is 2.75. The van der Waals surface area contributed by atoms with Crippen molar-refractivity contribution in [3.05, 3.63) is 57.9 Å². The molecule has 2 aromatic rings. The fraction of sp³-hybridized carbons (Fsp3) is 0.440. The highest BCUT2D eigenvalue weighted by molar-refractivity contribution is 6.31. The summed E-state index contributed by atoms with van der Waals surface area (Å²) < 4.78 is 5.53. The lowest BCUT2D eigenvalue weighted by Gasteiger charge is -2.40. The number of hydrogen-bond donors (Lipinski definition) is 1. The standard InChI is InChI=1S/C25H30ClN5O3/c1-16-14-30(8-9-31(16)24(33)34-25(3,4)5)15-19-10-20(26)11-22(17(19)2)29-23(32)18-6-7-21(12-27)28-13-18/h6-7,10-11,13,16H,8-9,14-15H2,1-5H3,(H,29,32). The summed E-state index contributed by atoms with van der Waals surface area (Å²) in [5.74, 6) is -0.326. The van der Waals surface area contributed by atoms with Gasteiger partial charge in [-0.05, 0) is 70.0 Å². The SMILES string of the molecule is Cc1c(CN2CCN(C(=O)OC(C)(C)C)C(C)C2)cc(Cl)cc1NC(=O)c1ccc(C#N)nc1. The molecule has 0 spiro atoms. The van der Waals surface area contributed by atoms with Crippen LogP contribution in [0.5, 0.6) is 0 Å². The minimum Gasteiger partial charge on any atom is -0.444 e. The number of amides is 2. The third-order valence-corrected chi connectivity index (χ3v) is 5.82. The number of nitrogens with one attached hydrogen (secondary N) is 1. The number of nitrogens with zero attached hydrogens (tertiary/aromatic N) is 4. The van der Waals surface area contributed by atoms with Gasteiger partial charge in [0.2, 0.25) is 0 Å². The highest BCUT2D eigenvalue weighted by atomic mass is 35.5. The van der Waals surface area contributed by atoms with Gasteiger partial charge in [-0.3, -0.25) is 9.69 Å². The van der Waals surface area contributed by atoms with E-state index in [1.54, 1.807) is 17.0 Å². The number of carbonyl (C=O) groups is 2.